The van der Waals surface area contributed by atoms with Crippen molar-refractivity contribution in [1.29, 1.82) is 0 Å². The Kier molecular flexibility index (Phi) is 2.82. The van der Waals surface area contributed by atoms with Gasteiger partial charge in [0.05, 0.1) is 12.0 Å². The number of hydrogen-bond acceptors (Lipinski definition) is 4. The minimum Gasteiger partial charge on any atom is -0.494 e. The molecule has 17 heavy (non-hydrogen) atoms. The molecule has 0 aliphatic carbocycles. The summed E-state index contributed by atoms with van der Waals surface area (Å²) in [4.78, 5) is 22.6. The molecule has 5 heteroatoms. The lowest BCUT2D eigenvalue weighted by molar-refractivity contribution is 0.0693. The lowest BCUT2D eigenvalue weighted by atomic mass is 10.1. The number of carboxylic acid groups (broad SMARTS) is 1. The van der Waals surface area contributed by atoms with E-state index >= 15 is 0 Å². The Morgan fingerprint density at radius 3 is 2.88 bits per heavy atom. The summed E-state index contributed by atoms with van der Waals surface area (Å²) in [6.07, 6.45) is 0.952. The van der Waals surface area contributed by atoms with E-state index in [0.717, 1.165) is 6.26 Å². The summed E-state index contributed by atoms with van der Waals surface area (Å²) in [5.41, 5.74) is -0.616. The number of ether oxygens (including phenoxy) is 1. The molecule has 0 aliphatic heterocycles. The van der Waals surface area contributed by atoms with Crippen LogP contribution in [0.4, 0.5) is 0 Å². The van der Waals surface area contributed by atoms with Crippen LogP contribution in [-0.4, -0.2) is 17.7 Å². The zero-order valence-corrected chi connectivity index (χ0v) is 9.10. The van der Waals surface area contributed by atoms with E-state index in [1.165, 1.54) is 6.07 Å². The van der Waals surface area contributed by atoms with Crippen LogP contribution in [0.5, 0.6) is 5.75 Å². The van der Waals surface area contributed by atoms with E-state index in [0.29, 0.717) is 17.9 Å². The Hall–Kier alpha value is -2.30. The van der Waals surface area contributed by atoms with Gasteiger partial charge in [-0.3, -0.25) is 4.79 Å². The van der Waals surface area contributed by atoms with Gasteiger partial charge in [-0.2, -0.15) is 0 Å². The first-order chi connectivity index (χ1) is 8.13. The van der Waals surface area contributed by atoms with Gasteiger partial charge in [0.2, 0.25) is 5.43 Å². The lowest BCUT2D eigenvalue weighted by Gasteiger charge is -2.04. The van der Waals surface area contributed by atoms with Crippen LogP contribution in [0.15, 0.2) is 33.7 Å². The molecule has 2 rings (SSSR count). The SMILES string of the molecule is CCOc1ccc2occ(C(=O)O)c(=O)c2c1. The molecule has 0 unspecified atom stereocenters. The van der Waals surface area contributed by atoms with E-state index < -0.39 is 11.4 Å². The van der Waals surface area contributed by atoms with Gasteiger partial charge in [0.25, 0.3) is 0 Å². The molecule has 0 saturated carbocycles. The summed E-state index contributed by atoms with van der Waals surface area (Å²) >= 11 is 0. The number of carboxylic acids is 1. The fourth-order valence-corrected chi connectivity index (χ4v) is 1.51. The quantitative estimate of drug-likeness (QED) is 0.877. The molecule has 88 valence electrons. The molecule has 1 aromatic heterocycles. The maximum absolute atomic E-state index is 11.8. The molecule has 0 saturated heterocycles. The number of aromatic carboxylic acids is 1. The minimum atomic E-state index is -1.30. The van der Waals surface area contributed by atoms with Gasteiger partial charge in [0.1, 0.15) is 23.2 Å². The van der Waals surface area contributed by atoms with E-state index in [2.05, 4.69) is 0 Å². The third kappa shape index (κ3) is 1.99. The van der Waals surface area contributed by atoms with Crippen LogP contribution in [-0.2, 0) is 0 Å². The number of rotatable bonds is 3. The summed E-state index contributed by atoms with van der Waals surface area (Å²) < 4.78 is 10.3. The fourth-order valence-electron chi connectivity index (χ4n) is 1.51. The van der Waals surface area contributed by atoms with Crippen LogP contribution >= 0.6 is 0 Å². The van der Waals surface area contributed by atoms with Gasteiger partial charge in [0.15, 0.2) is 0 Å². The van der Waals surface area contributed by atoms with Crippen molar-refractivity contribution in [2.75, 3.05) is 6.61 Å². The first-order valence-electron chi connectivity index (χ1n) is 5.05. The highest BCUT2D eigenvalue weighted by Gasteiger charge is 2.13. The van der Waals surface area contributed by atoms with Crippen molar-refractivity contribution in [1.82, 2.24) is 0 Å². The molecule has 1 aromatic carbocycles. The molecular formula is C12H10O5. The highest BCUT2D eigenvalue weighted by molar-refractivity contribution is 5.91. The second-order valence-corrected chi connectivity index (χ2v) is 3.37. The second-order valence-electron chi connectivity index (χ2n) is 3.37. The normalized spacial score (nSPS) is 10.4. The largest absolute Gasteiger partial charge is 0.494 e. The van der Waals surface area contributed by atoms with Crippen LogP contribution in [0, 0.1) is 0 Å². The van der Waals surface area contributed by atoms with Crippen LogP contribution in [0.1, 0.15) is 17.3 Å². The van der Waals surface area contributed by atoms with Crippen LogP contribution in [0.25, 0.3) is 11.0 Å². The van der Waals surface area contributed by atoms with Crippen molar-refractivity contribution in [2.24, 2.45) is 0 Å². The summed E-state index contributed by atoms with van der Waals surface area (Å²) in [7, 11) is 0. The van der Waals surface area contributed by atoms with Gasteiger partial charge in [-0.15, -0.1) is 0 Å². The second kappa shape index (κ2) is 4.29. The standard InChI is InChI=1S/C12H10O5/c1-2-16-7-3-4-10-8(5-7)11(13)9(6-17-10)12(14)15/h3-6H,2H2,1H3,(H,14,15). The van der Waals surface area contributed by atoms with Crippen LogP contribution in [0.3, 0.4) is 0 Å². The Bertz CT molecular complexity index is 626. The van der Waals surface area contributed by atoms with Crippen LogP contribution < -0.4 is 10.2 Å². The number of fused-ring (bicyclic) bond motifs is 1. The van der Waals surface area contributed by atoms with Crippen molar-refractivity contribution in [3.8, 4) is 5.75 Å². The molecule has 0 atom stereocenters. The van der Waals surface area contributed by atoms with E-state index in [9.17, 15) is 9.59 Å². The maximum Gasteiger partial charge on any atom is 0.342 e. The topological polar surface area (TPSA) is 76.7 Å². The molecular weight excluding hydrogens is 224 g/mol. The van der Waals surface area contributed by atoms with Gasteiger partial charge >= 0.3 is 5.97 Å². The minimum absolute atomic E-state index is 0.204. The van der Waals surface area contributed by atoms with E-state index in [4.69, 9.17) is 14.3 Å². The van der Waals surface area contributed by atoms with E-state index in [1.54, 1.807) is 12.1 Å². The van der Waals surface area contributed by atoms with Gasteiger partial charge in [-0.1, -0.05) is 0 Å². The van der Waals surface area contributed by atoms with Gasteiger partial charge in [-0.05, 0) is 25.1 Å². The highest BCUT2D eigenvalue weighted by Crippen LogP contribution is 2.18. The van der Waals surface area contributed by atoms with Gasteiger partial charge < -0.3 is 14.3 Å². The molecule has 1 N–H and O–H groups in total. The van der Waals surface area contributed by atoms with Gasteiger partial charge in [-0.25, -0.2) is 4.79 Å². The molecule has 0 amide bonds. The summed E-state index contributed by atoms with van der Waals surface area (Å²) in [6, 6.07) is 4.72. The summed E-state index contributed by atoms with van der Waals surface area (Å²) in [6.45, 7) is 2.29. The predicted molar refractivity (Wildman–Crippen MR) is 60.6 cm³/mol. The fraction of sp³-hybridized carbons (Fsp3) is 0.167. The first-order valence-corrected chi connectivity index (χ1v) is 5.05. The maximum atomic E-state index is 11.8. The summed E-state index contributed by atoms with van der Waals surface area (Å²) in [5.74, 6) is -0.794. The third-order valence-electron chi connectivity index (χ3n) is 2.29. The molecule has 5 nitrogen and oxygen atoms in total. The third-order valence-corrected chi connectivity index (χ3v) is 2.29. The molecule has 0 fully saturated rings. The molecule has 0 spiro atoms. The highest BCUT2D eigenvalue weighted by atomic mass is 16.5. The Labute approximate surface area is 96.2 Å². The molecule has 0 aliphatic rings. The smallest absolute Gasteiger partial charge is 0.342 e. The van der Waals surface area contributed by atoms with Crippen LogP contribution in [0.2, 0.25) is 0 Å². The Morgan fingerprint density at radius 2 is 2.24 bits per heavy atom. The number of carbonyl (C=O) groups is 1. The van der Waals surface area contributed by atoms with E-state index in [1.807, 2.05) is 6.92 Å². The Balaban J connectivity index is 2.69. The molecule has 1 heterocycles. The van der Waals surface area contributed by atoms with Gasteiger partial charge in [0, 0.05) is 0 Å². The van der Waals surface area contributed by atoms with E-state index in [-0.39, 0.29) is 10.9 Å². The van der Waals surface area contributed by atoms with Crippen molar-refractivity contribution in [3.63, 3.8) is 0 Å². The monoisotopic (exact) mass is 234 g/mol. The number of benzene rings is 1. The van der Waals surface area contributed by atoms with Crippen molar-refractivity contribution < 1.29 is 19.1 Å². The molecule has 0 radical (unpaired) electrons. The molecule has 0 bridgehead atoms. The first kappa shape index (κ1) is 11.2. The van der Waals surface area contributed by atoms with Crippen molar-refractivity contribution in [3.05, 3.63) is 40.2 Å². The van der Waals surface area contributed by atoms with Crippen molar-refractivity contribution in [2.45, 2.75) is 6.92 Å². The average molecular weight is 234 g/mol. The van der Waals surface area contributed by atoms with Crippen molar-refractivity contribution >= 4 is 16.9 Å². The average Bonchev–Trinajstić information content (AvgIpc) is 2.30. The number of hydrogen-bond donors (Lipinski definition) is 1. The zero-order valence-electron chi connectivity index (χ0n) is 9.10. The lowest BCUT2D eigenvalue weighted by Crippen LogP contribution is -2.14. The summed E-state index contributed by atoms with van der Waals surface area (Å²) in [5, 5.41) is 9.01. The Morgan fingerprint density at radius 1 is 1.47 bits per heavy atom. The predicted octanol–water partition coefficient (Wildman–Crippen LogP) is 1.89. The zero-order chi connectivity index (χ0) is 12.4. The molecule has 2 aromatic rings.